The third-order valence-electron chi connectivity index (χ3n) is 3.73. The van der Waals surface area contributed by atoms with Crippen LogP contribution in [0, 0.1) is 5.92 Å². The van der Waals surface area contributed by atoms with E-state index in [1.54, 1.807) is 42.5 Å². The summed E-state index contributed by atoms with van der Waals surface area (Å²) in [7, 11) is -3.51. The molecule has 1 aliphatic heterocycles. The molecule has 20 heavy (non-hydrogen) atoms. The second-order valence-electron chi connectivity index (χ2n) is 5.02. The highest BCUT2D eigenvalue weighted by molar-refractivity contribution is 7.95. The Bertz CT molecular complexity index is 658. The molecule has 1 heterocycles. The number of hydrogen-bond acceptors (Lipinski definition) is 4. The van der Waals surface area contributed by atoms with E-state index in [4.69, 9.17) is 4.74 Å². The molecule has 0 aromatic heterocycles. The zero-order valence-corrected chi connectivity index (χ0v) is 11.7. The van der Waals surface area contributed by atoms with Gasteiger partial charge in [0.2, 0.25) is 9.84 Å². The molecule has 1 aromatic rings. The smallest absolute Gasteiger partial charge is 0.206 e. The standard InChI is InChI=1S/C15H16O4S/c16-14-8-9-19-15-10-12(6-7-13(14)15)20(17,18)11-4-2-1-3-5-11/h1-6,10,13-14,16H,7-9H2. The number of allylic oxidation sites excluding steroid dienone is 2. The van der Waals surface area contributed by atoms with Crippen LogP contribution in [0.3, 0.4) is 0 Å². The van der Waals surface area contributed by atoms with Gasteiger partial charge in [-0.3, -0.25) is 0 Å². The number of hydrogen-bond donors (Lipinski definition) is 1. The lowest BCUT2D eigenvalue weighted by molar-refractivity contribution is 0.0114. The lowest BCUT2D eigenvalue weighted by Gasteiger charge is -2.32. The van der Waals surface area contributed by atoms with E-state index in [1.165, 1.54) is 0 Å². The second kappa shape index (κ2) is 5.07. The van der Waals surface area contributed by atoms with E-state index in [2.05, 4.69) is 0 Å². The Kier molecular flexibility index (Phi) is 3.40. The van der Waals surface area contributed by atoms with Gasteiger partial charge in [-0.25, -0.2) is 8.42 Å². The Balaban J connectivity index is 1.95. The average Bonchev–Trinajstić information content (AvgIpc) is 2.48. The van der Waals surface area contributed by atoms with E-state index >= 15 is 0 Å². The number of aliphatic hydroxyl groups is 1. The predicted molar refractivity (Wildman–Crippen MR) is 74.5 cm³/mol. The first-order valence-electron chi connectivity index (χ1n) is 6.62. The molecule has 0 saturated carbocycles. The summed E-state index contributed by atoms with van der Waals surface area (Å²) in [5, 5.41) is 9.91. The molecule has 1 N–H and O–H groups in total. The SMILES string of the molecule is O=S(=O)(C1=CCC2C(=C1)OCCC2O)c1ccccc1. The van der Waals surface area contributed by atoms with Crippen molar-refractivity contribution >= 4 is 9.84 Å². The summed E-state index contributed by atoms with van der Waals surface area (Å²) in [6.07, 6.45) is 3.87. The van der Waals surface area contributed by atoms with E-state index in [0.717, 1.165) is 0 Å². The minimum absolute atomic E-state index is 0.113. The maximum absolute atomic E-state index is 12.5. The molecule has 2 atom stereocenters. The maximum atomic E-state index is 12.5. The Morgan fingerprint density at radius 1 is 1.20 bits per heavy atom. The average molecular weight is 292 g/mol. The Hall–Kier alpha value is -1.59. The lowest BCUT2D eigenvalue weighted by Crippen LogP contribution is -2.31. The van der Waals surface area contributed by atoms with Crippen LogP contribution in [0.1, 0.15) is 12.8 Å². The van der Waals surface area contributed by atoms with Gasteiger partial charge >= 0.3 is 0 Å². The molecule has 4 nitrogen and oxygen atoms in total. The monoisotopic (exact) mass is 292 g/mol. The van der Waals surface area contributed by atoms with E-state index < -0.39 is 15.9 Å². The molecule has 106 valence electrons. The molecule has 2 unspecified atom stereocenters. The van der Waals surface area contributed by atoms with Crippen molar-refractivity contribution < 1.29 is 18.3 Å². The summed E-state index contributed by atoms with van der Waals surface area (Å²) < 4.78 is 30.5. The third-order valence-corrected chi connectivity index (χ3v) is 5.53. The molecular weight excluding hydrogens is 276 g/mol. The molecule has 1 saturated heterocycles. The molecule has 1 aromatic carbocycles. The molecule has 0 radical (unpaired) electrons. The quantitative estimate of drug-likeness (QED) is 0.906. The fourth-order valence-electron chi connectivity index (χ4n) is 2.58. The van der Waals surface area contributed by atoms with Crippen LogP contribution in [0.2, 0.25) is 0 Å². The van der Waals surface area contributed by atoms with Crippen molar-refractivity contribution in [3.8, 4) is 0 Å². The number of benzene rings is 1. The zero-order valence-electron chi connectivity index (χ0n) is 10.9. The van der Waals surface area contributed by atoms with Crippen molar-refractivity contribution in [3.63, 3.8) is 0 Å². The van der Waals surface area contributed by atoms with Gasteiger partial charge in [0.15, 0.2) is 0 Å². The topological polar surface area (TPSA) is 63.6 Å². The van der Waals surface area contributed by atoms with Gasteiger partial charge in [-0.2, -0.15) is 0 Å². The van der Waals surface area contributed by atoms with Crippen LogP contribution in [0.15, 0.2) is 58.0 Å². The van der Waals surface area contributed by atoms with Crippen molar-refractivity contribution in [2.75, 3.05) is 6.61 Å². The fourth-order valence-corrected chi connectivity index (χ4v) is 3.96. The van der Waals surface area contributed by atoms with E-state index in [9.17, 15) is 13.5 Å². The summed E-state index contributed by atoms with van der Waals surface area (Å²) in [5.74, 6) is 0.472. The molecule has 0 spiro atoms. The van der Waals surface area contributed by atoms with Crippen LogP contribution in [-0.2, 0) is 14.6 Å². The zero-order chi connectivity index (χ0) is 14.2. The first-order chi connectivity index (χ1) is 9.59. The Morgan fingerprint density at radius 3 is 2.70 bits per heavy atom. The van der Waals surface area contributed by atoms with Gasteiger partial charge in [0.05, 0.1) is 22.5 Å². The number of sulfone groups is 1. The molecule has 0 amide bonds. The van der Waals surface area contributed by atoms with Gasteiger partial charge in [0.25, 0.3) is 0 Å². The van der Waals surface area contributed by atoms with Crippen molar-refractivity contribution in [2.24, 2.45) is 5.92 Å². The summed E-state index contributed by atoms with van der Waals surface area (Å²) in [6, 6.07) is 8.35. The van der Waals surface area contributed by atoms with Crippen molar-refractivity contribution in [1.82, 2.24) is 0 Å². The van der Waals surface area contributed by atoms with E-state index in [0.29, 0.717) is 25.2 Å². The summed E-state index contributed by atoms with van der Waals surface area (Å²) in [6.45, 7) is 0.433. The van der Waals surface area contributed by atoms with Gasteiger partial charge in [-0.15, -0.1) is 0 Å². The minimum Gasteiger partial charge on any atom is -0.497 e. The van der Waals surface area contributed by atoms with Crippen LogP contribution in [0.5, 0.6) is 0 Å². The van der Waals surface area contributed by atoms with Crippen LogP contribution >= 0.6 is 0 Å². The first kappa shape index (κ1) is 13.4. The van der Waals surface area contributed by atoms with Crippen LogP contribution in [0.4, 0.5) is 0 Å². The van der Waals surface area contributed by atoms with Crippen molar-refractivity contribution in [2.45, 2.75) is 23.8 Å². The van der Waals surface area contributed by atoms with Crippen LogP contribution in [0.25, 0.3) is 0 Å². The summed E-state index contributed by atoms with van der Waals surface area (Å²) >= 11 is 0. The summed E-state index contributed by atoms with van der Waals surface area (Å²) in [4.78, 5) is 0.530. The third kappa shape index (κ3) is 2.27. The van der Waals surface area contributed by atoms with Gasteiger partial charge in [0.1, 0.15) is 5.76 Å². The highest BCUT2D eigenvalue weighted by Crippen LogP contribution is 2.35. The number of ether oxygens (including phenoxy) is 1. The number of rotatable bonds is 2. The van der Waals surface area contributed by atoms with Gasteiger partial charge < -0.3 is 9.84 Å². The predicted octanol–water partition coefficient (Wildman–Crippen LogP) is 2.03. The maximum Gasteiger partial charge on any atom is 0.206 e. The molecule has 1 fully saturated rings. The normalized spacial score (nSPS) is 26.1. The van der Waals surface area contributed by atoms with E-state index in [1.807, 2.05) is 0 Å². The fraction of sp³-hybridized carbons (Fsp3) is 0.333. The minimum atomic E-state index is -3.51. The number of aliphatic hydroxyl groups excluding tert-OH is 1. The van der Waals surface area contributed by atoms with Gasteiger partial charge in [-0.05, 0) is 24.6 Å². The second-order valence-corrected chi connectivity index (χ2v) is 6.97. The first-order valence-corrected chi connectivity index (χ1v) is 8.10. The lowest BCUT2D eigenvalue weighted by atomic mass is 9.89. The van der Waals surface area contributed by atoms with Crippen molar-refractivity contribution in [1.29, 1.82) is 0 Å². The number of fused-ring (bicyclic) bond motifs is 1. The Labute approximate surface area is 118 Å². The molecular formula is C15H16O4S. The molecule has 2 aliphatic rings. The summed E-state index contributed by atoms with van der Waals surface area (Å²) in [5.41, 5.74) is 0. The molecule has 1 aliphatic carbocycles. The molecule has 0 bridgehead atoms. The highest BCUT2D eigenvalue weighted by atomic mass is 32.2. The van der Waals surface area contributed by atoms with E-state index in [-0.39, 0.29) is 15.7 Å². The highest BCUT2D eigenvalue weighted by Gasteiger charge is 2.33. The Morgan fingerprint density at radius 2 is 1.95 bits per heavy atom. The molecule has 3 rings (SSSR count). The largest absolute Gasteiger partial charge is 0.497 e. The van der Waals surface area contributed by atoms with Crippen LogP contribution < -0.4 is 0 Å². The van der Waals surface area contributed by atoms with Gasteiger partial charge in [-0.1, -0.05) is 24.3 Å². The van der Waals surface area contributed by atoms with Crippen LogP contribution in [-0.4, -0.2) is 26.2 Å². The molecule has 5 heteroatoms. The van der Waals surface area contributed by atoms with Gasteiger partial charge in [0, 0.05) is 12.3 Å². The van der Waals surface area contributed by atoms with Crippen molar-refractivity contribution in [3.05, 3.63) is 53.1 Å².